The Morgan fingerprint density at radius 1 is 1.69 bits per heavy atom. The van der Waals surface area contributed by atoms with Crippen LogP contribution in [0, 0.1) is 0 Å². The van der Waals surface area contributed by atoms with Crippen molar-refractivity contribution in [2.75, 3.05) is 5.32 Å². The van der Waals surface area contributed by atoms with Crippen molar-refractivity contribution in [1.82, 2.24) is 9.78 Å². The largest absolute Gasteiger partial charge is 0.457 e. The smallest absolute Gasteiger partial charge is 0.260 e. The van der Waals surface area contributed by atoms with E-state index in [4.69, 9.17) is 4.42 Å². The normalized spacial score (nSPS) is 10.4. The number of nitrogens with zero attached hydrogens (tertiary/aromatic N) is 2. The lowest BCUT2D eigenvalue weighted by Crippen LogP contribution is -2.10. The van der Waals surface area contributed by atoms with Crippen LogP contribution in [0.1, 0.15) is 17.3 Å². The second-order valence-electron chi connectivity index (χ2n) is 3.15. The molecule has 0 fully saturated rings. The Balaban J connectivity index is 2.11. The first-order valence-corrected chi connectivity index (χ1v) is 5.57. The molecule has 0 radical (unpaired) electrons. The Hall–Kier alpha value is -1.56. The molecular formula is C10H10BrN3O2. The van der Waals surface area contributed by atoms with Gasteiger partial charge in [-0.1, -0.05) is 0 Å². The number of anilines is 1. The summed E-state index contributed by atoms with van der Waals surface area (Å²) in [4.78, 5) is 11.8. The second kappa shape index (κ2) is 4.52. The number of amides is 1. The minimum atomic E-state index is -0.226. The lowest BCUT2D eigenvalue weighted by atomic mass is 10.3. The third kappa shape index (κ3) is 2.16. The van der Waals surface area contributed by atoms with E-state index in [1.54, 1.807) is 23.1 Å². The van der Waals surface area contributed by atoms with E-state index in [0.29, 0.717) is 15.9 Å². The zero-order chi connectivity index (χ0) is 11.5. The molecule has 0 spiro atoms. The summed E-state index contributed by atoms with van der Waals surface area (Å²) >= 11 is 3.15. The fraction of sp³-hybridized carbons (Fsp3) is 0.200. The fourth-order valence-corrected chi connectivity index (χ4v) is 1.68. The van der Waals surface area contributed by atoms with Crippen LogP contribution in [0.2, 0.25) is 0 Å². The molecule has 1 amide bonds. The van der Waals surface area contributed by atoms with Gasteiger partial charge in [0.25, 0.3) is 5.91 Å². The van der Waals surface area contributed by atoms with E-state index in [2.05, 4.69) is 26.3 Å². The summed E-state index contributed by atoms with van der Waals surface area (Å²) in [6.45, 7) is 2.75. The quantitative estimate of drug-likeness (QED) is 0.942. The van der Waals surface area contributed by atoms with Crippen molar-refractivity contribution in [2.24, 2.45) is 0 Å². The Kier molecular flexibility index (Phi) is 3.09. The number of aromatic nitrogens is 2. The van der Waals surface area contributed by atoms with Crippen LogP contribution >= 0.6 is 15.9 Å². The number of nitrogens with one attached hydrogen (secondary N) is 1. The molecule has 1 N–H and O–H groups in total. The molecule has 0 aromatic carbocycles. The summed E-state index contributed by atoms with van der Waals surface area (Å²) in [5, 5.41) is 6.79. The number of aryl methyl sites for hydroxylation is 1. The molecule has 0 bridgehead atoms. The number of hydrogen-bond donors (Lipinski definition) is 1. The van der Waals surface area contributed by atoms with Crippen molar-refractivity contribution in [1.29, 1.82) is 0 Å². The Labute approximate surface area is 101 Å². The number of carbonyl (C=O) groups is 1. The molecule has 16 heavy (non-hydrogen) atoms. The van der Waals surface area contributed by atoms with Crippen LogP contribution < -0.4 is 5.32 Å². The maximum Gasteiger partial charge on any atom is 0.260 e. The van der Waals surface area contributed by atoms with Gasteiger partial charge >= 0.3 is 0 Å². The maximum atomic E-state index is 11.8. The van der Waals surface area contributed by atoms with Gasteiger partial charge in [-0.2, -0.15) is 5.10 Å². The minimum absolute atomic E-state index is 0.226. The third-order valence-electron chi connectivity index (χ3n) is 2.08. The van der Waals surface area contributed by atoms with Crippen LogP contribution in [0.25, 0.3) is 0 Å². The van der Waals surface area contributed by atoms with Crippen LogP contribution in [0.15, 0.2) is 33.8 Å². The van der Waals surface area contributed by atoms with Gasteiger partial charge in [-0.05, 0) is 28.9 Å². The SMILES string of the molecule is CCn1cc(NC(=O)c2ccoc2Br)cn1. The van der Waals surface area contributed by atoms with Gasteiger partial charge in [0, 0.05) is 12.7 Å². The summed E-state index contributed by atoms with van der Waals surface area (Å²) in [5.74, 6) is -0.226. The average Bonchev–Trinajstić information content (AvgIpc) is 2.86. The predicted molar refractivity (Wildman–Crippen MR) is 62.3 cm³/mol. The number of hydrogen-bond acceptors (Lipinski definition) is 3. The zero-order valence-electron chi connectivity index (χ0n) is 8.61. The molecule has 5 nitrogen and oxygen atoms in total. The van der Waals surface area contributed by atoms with E-state index in [1.807, 2.05) is 6.92 Å². The first-order valence-electron chi connectivity index (χ1n) is 4.77. The topological polar surface area (TPSA) is 60.1 Å². The second-order valence-corrected chi connectivity index (χ2v) is 3.87. The molecule has 2 aromatic rings. The van der Waals surface area contributed by atoms with E-state index in [0.717, 1.165) is 6.54 Å². The van der Waals surface area contributed by atoms with Crippen LogP contribution in [-0.4, -0.2) is 15.7 Å². The van der Waals surface area contributed by atoms with Crippen molar-refractivity contribution in [3.63, 3.8) is 0 Å². The summed E-state index contributed by atoms with van der Waals surface area (Å²) in [7, 11) is 0. The Morgan fingerprint density at radius 3 is 3.06 bits per heavy atom. The van der Waals surface area contributed by atoms with Crippen LogP contribution in [0.5, 0.6) is 0 Å². The molecule has 0 aliphatic heterocycles. The fourth-order valence-electron chi connectivity index (χ4n) is 1.26. The molecule has 0 saturated carbocycles. The van der Waals surface area contributed by atoms with Gasteiger partial charge in [0.05, 0.1) is 23.7 Å². The lowest BCUT2D eigenvalue weighted by Gasteiger charge is -1.99. The van der Waals surface area contributed by atoms with Crippen molar-refractivity contribution < 1.29 is 9.21 Å². The highest BCUT2D eigenvalue weighted by Gasteiger charge is 2.13. The Morgan fingerprint density at radius 2 is 2.50 bits per heavy atom. The van der Waals surface area contributed by atoms with Crippen LogP contribution in [0.3, 0.4) is 0 Å². The predicted octanol–water partition coefficient (Wildman–Crippen LogP) is 2.51. The van der Waals surface area contributed by atoms with Gasteiger partial charge in [-0.25, -0.2) is 0 Å². The number of halogens is 1. The summed E-state index contributed by atoms with van der Waals surface area (Å²) in [6.07, 6.45) is 4.83. The van der Waals surface area contributed by atoms with Gasteiger partial charge in [0.15, 0.2) is 4.67 Å². The Bertz CT molecular complexity index is 504. The molecule has 0 unspecified atom stereocenters. The van der Waals surface area contributed by atoms with Crippen molar-refractivity contribution in [2.45, 2.75) is 13.5 Å². The van der Waals surface area contributed by atoms with Gasteiger partial charge in [0.2, 0.25) is 0 Å². The molecule has 84 valence electrons. The lowest BCUT2D eigenvalue weighted by molar-refractivity contribution is 0.102. The zero-order valence-corrected chi connectivity index (χ0v) is 10.2. The third-order valence-corrected chi connectivity index (χ3v) is 2.69. The molecule has 0 saturated heterocycles. The number of rotatable bonds is 3. The summed E-state index contributed by atoms with van der Waals surface area (Å²) in [5.41, 5.74) is 1.13. The molecule has 2 aromatic heterocycles. The molecule has 0 aliphatic carbocycles. The van der Waals surface area contributed by atoms with Gasteiger partial charge in [0.1, 0.15) is 0 Å². The van der Waals surface area contributed by atoms with E-state index < -0.39 is 0 Å². The van der Waals surface area contributed by atoms with Gasteiger partial charge < -0.3 is 9.73 Å². The summed E-state index contributed by atoms with van der Waals surface area (Å²) in [6, 6.07) is 1.60. The minimum Gasteiger partial charge on any atom is -0.457 e. The van der Waals surface area contributed by atoms with Gasteiger partial charge in [-0.15, -0.1) is 0 Å². The van der Waals surface area contributed by atoms with Crippen molar-refractivity contribution in [3.05, 3.63) is 35.0 Å². The van der Waals surface area contributed by atoms with Crippen molar-refractivity contribution >= 4 is 27.5 Å². The van der Waals surface area contributed by atoms with E-state index >= 15 is 0 Å². The maximum absolute atomic E-state index is 11.8. The van der Waals surface area contributed by atoms with Gasteiger partial charge in [-0.3, -0.25) is 9.48 Å². The molecular weight excluding hydrogens is 274 g/mol. The van der Waals surface area contributed by atoms with E-state index in [1.165, 1.54) is 6.26 Å². The number of furan rings is 1. The van der Waals surface area contributed by atoms with Crippen LogP contribution in [0.4, 0.5) is 5.69 Å². The molecule has 0 aliphatic rings. The standard InChI is InChI=1S/C10H10BrN3O2/c1-2-14-6-7(5-12-14)13-10(15)8-3-4-16-9(8)11/h3-6H,2H2,1H3,(H,13,15). The highest BCUT2D eigenvalue weighted by Crippen LogP contribution is 2.18. The van der Waals surface area contributed by atoms with E-state index in [9.17, 15) is 4.79 Å². The monoisotopic (exact) mass is 283 g/mol. The first-order chi connectivity index (χ1) is 7.70. The van der Waals surface area contributed by atoms with E-state index in [-0.39, 0.29) is 5.91 Å². The molecule has 2 rings (SSSR count). The number of carbonyl (C=O) groups excluding carboxylic acids is 1. The molecule has 2 heterocycles. The highest BCUT2D eigenvalue weighted by atomic mass is 79.9. The molecule has 6 heteroatoms. The van der Waals surface area contributed by atoms with Crippen molar-refractivity contribution in [3.8, 4) is 0 Å². The highest BCUT2D eigenvalue weighted by molar-refractivity contribution is 9.10. The van der Waals surface area contributed by atoms with Crippen LogP contribution in [-0.2, 0) is 6.54 Å². The average molecular weight is 284 g/mol. The first kappa shape index (κ1) is 10.9. The molecule has 0 atom stereocenters. The summed E-state index contributed by atoms with van der Waals surface area (Å²) < 4.78 is 7.14.